The fraction of sp³-hybridized carbons (Fsp3) is 0.238. The van der Waals surface area contributed by atoms with E-state index >= 15 is 0 Å². The van der Waals surface area contributed by atoms with Gasteiger partial charge in [-0.1, -0.05) is 53.5 Å². The zero-order valence-corrected chi connectivity index (χ0v) is 17.0. The standard InChI is InChI=1S/C21H21Cl2N3O/c1-13(16-8-10-18(22)11-9-16)24-21(27)20-14(2)25-26(15(20)3)12-17-6-4-5-7-19(17)23/h4-11,13H,12H2,1-3H3,(H,24,27). The van der Waals surface area contributed by atoms with Crippen molar-refractivity contribution in [3.05, 3.63) is 86.7 Å². The van der Waals surface area contributed by atoms with Gasteiger partial charge in [-0.2, -0.15) is 5.10 Å². The van der Waals surface area contributed by atoms with E-state index in [1.54, 1.807) is 0 Å². The SMILES string of the molecule is Cc1nn(Cc2ccccc2Cl)c(C)c1C(=O)NC(C)c1ccc(Cl)cc1. The number of carbonyl (C=O) groups is 1. The van der Waals surface area contributed by atoms with Gasteiger partial charge in [0.15, 0.2) is 0 Å². The van der Waals surface area contributed by atoms with Crippen LogP contribution in [0.4, 0.5) is 0 Å². The van der Waals surface area contributed by atoms with Gasteiger partial charge in [-0.05, 0) is 50.1 Å². The summed E-state index contributed by atoms with van der Waals surface area (Å²) in [5.74, 6) is -0.141. The van der Waals surface area contributed by atoms with E-state index in [2.05, 4.69) is 10.4 Å². The first-order valence-electron chi connectivity index (χ1n) is 8.70. The zero-order valence-electron chi connectivity index (χ0n) is 15.5. The van der Waals surface area contributed by atoms with E-state index in [1.165, 1.54) is 0 Å². The highest BCUT2D eigenvalue weighted by Crippen LogP contribution is 2.21. The third-order valence-corrected chi connectivity index (χ3v) is 5.22. The maximum absolute atomic E-state index is 12.9. The second-order valence-corrected chi connectivity index (χ2v) is 7.39. The van der Waals surface area contributed by atoms with Crippen molar-refractivity contribution in [2.24, 2.45) is 0 Å². The minimum Gasteiger partial charge on any atom is -0.345 e. The molecule has 0 spiro atoms. The number of nitrogens with zero attached hydrogens (tertiary/aromatic N) is 2. The third-order valence-electron chi connectivity index (χ3n) is 4.60. The Morgan fingerprint density at radius 1 is 1.11 bits per heavy atom. The van der Waals surface area contributed by atoms with Crippen molar-refractivity contribution in [1.82, 2.24) is 15.1 Å². The molecule has 140 valence electrons. The number of aromatic nitrogens is 2. The minimum atomic E-state index is -0.141. The molecule has 3 aromatic rings. The molecular formula is C21H21Cl2N3O. The van der Waals surface area contributed by atoms with Crippen LogP contribution in [0, 0.1) is 13.8 Å². The van der Waals surface area contributed by atoms with Crippen LogP contribution in [0.15, 0.2) is 48.5 Å². The molecule has 1 amide bonds. The van der Waals surface area contributed by atoms with Gasteiger partial charge < -0.3 is 5.32 Å². The van der Waals surface area contributed by atoms with Crippen LogP contribution in [0.2, 0.25) is 10.0 Å². The maximum atomic E-state index is 12.9. The van der Waals surface area contributed by atoms with Gasteiger partial charge in [0.05, 0.1) is 23.8 Å². The molecule has 0 radical (unpaired) electrons. The average Bonchev–Trinajstić information content (AvgIpc) is 2.91. The molecule has 1 aromatic heterocycles. The first-order chi connectivity index (χ1) is 12.9. The van der Waals surface area contributed by atoms with Gasteiger partial charge in [-0.25, -0.2) is 0 Å². The molecule has 0 aliphatic heterocycles. The summed E-state index contributed by atoms with van der Waals surface area (Å²) in [6.45, 7) is 6.21. The second kappa shape index (κ2) is 8.15. The molecule has 1 heterocycles. The molecular weight excluding hydrogens is 381 g/mol. The smallest absolute Gasteiger partial charge is 0.255 e. The van der Waals surface area contributed by atoms with Gasteiger partial charge in [0, 0.05) is 15.7 Å². The van der Waals surface area contributed by atoms with Gasteiger partial charge in [-0.15, -0.1) is 0 Å². The van der Waals surface area contributed by atoms with Crippen LogP contribution < -0.4 is 5.32 Å². The quantitative estimate of drug-likeness (QED) is 0.626. The van der Waals surface area contributed by atoms with Gasteiger partial charge >= 0.3 is 0 Å². The first-order valence-corrected chi connectivity index (χ1v) is 9.46. The number of aryl methyl sites for hydroxylation is 1. The molecule has 2 aromatic carbocycles. The van der Waals surface area contributed by atoms with Crippen LogP contribution in [-0.4, -0.2) is 15.7 Å². The Morgan fingerprint density at radius 3 is 2.44 bits per heavy atom. The summed E-state index contributed by atoms with van der Waals surface area (Å²) in [6.07, 6.45) is 0. The summed E-state index contributed by atoms with van der Waals surface area (Å²) in [4.78, 5) is 12.9. The highest BCUT2D eigenvalue weighted by molar-refractivity contribution is 6.31. The number of rotatable bonds is 5. The molecule has 0 fully saturated rings. The Morgan fingerprint density at radius 2 is 1.78 bits per heavy atom. The molecule has 0 saturated carbocycles. The predicted molar refractivity (Wildman–Crippen MR) is 110 cm³/mol. The molecule has 0 aliphatic carbocycles. The summed E-state index contributed by atoms with van der Waals surface area (Å²) < 4.78 is 1.82. The summed E-state index contributed by atoms with van der Waals surface area (Å²) in [5.41, 5.74) is 4.06. The van der Waals surface area contributed by atoms with E-state index in [9.17, 15) is 4.79 Å². The van der Waals surface area contributed by atoms with Crippen molar-refractivity contribution in [1.29, 1.82) is 0 Å². The van der Waals surface area contributed by atoms with E-state index in [1.807, 2.05) is 74.0 Å². The van der Waals surface area contributed by atoms with E-state index < -0.39 is 0 Å². The fourth-order valence-electron chi connectivity index (χ4n) is 3.07. The molecule has 1 N–H and O–H groups in total. The summed E-state index contributed by atoms with van der Waals surface area (Å²) >= 11 is 12.2. The average molecular weight is 402 g/mol. The normalized spacial score (nSPS) is 12.0. The number of hydrogen-bond donors (Lipinski definition) is 1. The summed E-state index contributed by atoms with van der Waals surface area (Å²) in [6, 6.07) is 15.0. The largest absolute Gasteiger partial charge is 0.345 e. The Hall–Kier alpha value is -2.30. The van der Waals surface area contributed by atoms with Crippen LogP contribution in [0.25, 0.3) is 0 Å². The van der Waals surface area contributed by atoms with Crippen LogP contribution in [0.3, 0.4) is 0 Å². The lowest BCUT2D eigenvalue weighted by atomic mass is 10.1. The van der Waals surface area contributed by atoms with Crippen molar-refractivity contribution in [3.63, 3.8) is 0 Å². The molecule has 4 nitrogen and oxygen atoms in total. The van der Waals surface area contributed by atoms with Crippen LogP contribution in [-0.2, 0) is 6.54 Å². The summed E-state index contributed by atoms with van der Waals surface area (Å²) in [5, 5.41) is 8.94. The predicted octanol–water partition coefficient (Wildman–Crippen LogP) is 5.35. The highest BCUT2D eigenvalue weighted by Gasteiger charge is 2.21. The molecule has 0 bridgehead atoms. The third kappa shape index (κ3) is 4.34. The van der Waals surface area contributed by atoms with E-state index in [-0.39, 0.29) is 11.9 Å². The molecule has 6 heteroatoms. The van der Waals surface area contributed by atoms with Crippen molar-refractivity contribution in [3.8, 4) is 0 Å². The Labute approximate surface area is 169 Å². The minimum absolute atomic E-state index is 0.138. The first kappa shape index (κ1) is 19.5. The Balaban J connectivity index is 1.80. The lowest BCUT2D eigenvalue weighted by molar-refractivity contribution is 0.0938. The van der Waals surface area contributed by atoms with E-state index in [0.29, 0.717) is 27.8 Å². The lowest BCUT2D eigenvalue weighted by Crippen LogP contribution is -2.27. The van der Waals surface area contributed by atoms with Gasteiger partial charge in [0.1, 0.15) is 0 Å². The maximum Gasteiger partial charge on any atom is 0.255 e. The number of halogens is 2. The van der Waals surface area contributed by atoms with E-state index in [0.717, 1.165) is 16.8 Å². The monoisotopic (exact) mass is 401 g/mol. The van der Waals surface area contributed by atoms with Crippen molar-refractivity contribution in [2.45, 2.75) is 33.4 Å². The molecule has 0 saturated heterocycles. The van der Waals surface area contributed by atoms with Crippen LogP contribution in [0.5, 0.6) is 0 Å². The van der Waals surface area contributed by atoms with Crippen LogP contribution in [0.1, 0.15) is 45.8 Å². The molecule has 3 rings (SSSR count). The van der Waals surface area contributed by atoms with Gasteiger partial charge in [0.25, 0.3) is 5.91 Å². The van der Waals surface area contributed by atoms with Gasteiger partial charge in [0.2, 0.25) is 0 Å². The van der Waals surface area contributed by atoms with Crippen LogP contribution >= 0.6 is 23.2 Å². The number of benzene rings is 2. The molecule has 1 atom stereocenters. The number of amides is 1. The molecule has 0 aliphatic rings. The zero-order chi connectivity index (χ0) is 19.6. The second-order valence-electron chi connectivity index (χ2n) is 6.54. The number of carbonyl (C=O) groups excluding carboxylic acids is 1. The van der Waals surface area contributed by atoms with Crippen molar-refractivity contribution < 1.29 is 4.79 Å². The lowest BCUT2D eigenvalue weighted by Gasteiger charge is -2.15. The van der Waals surface area contributed by atoms with Crippen molar-refractivity contribution >= 4 is 29.1 Å². The van der Waals surface area contributed by atoms with E-state index in [4.69, 9.17) is 23.2 Å². The molecule has 27 heavy (non-hydrogen) atoms. The topological polar surface area (TPSA) is 46.9 Å². The Kier molecular flexibility index (Phi) is 5.88. The number of nitrogens with one attached hydrogen (secondary N) is 1. The fourth-order valence-corrected chi connectivity index (χ4v) is 3.39. The number of hydrogen-bond acceptors (Lipinski definition) is 2. The Bertz CT molecular complexity index is 964. The molecule has 1 unspecified atom stereocenters. The van der Waals surface area contributed by atoms with Gasteiger partial charge in [-0.3, -0.25) is 9.48 Å². The summed E-state index contributed by atoms with van der Waals surface area (Å²) in [7, 11) is 0. The highest BCUT2D eigenvalue weighted by atomic mass is 35.5. The van der Waals surface area contributed by atoms with Crippen molar-refractivity contribution in [2.75, 3.05) is 0 Å².